The van der Waals surface area contributed by atoms with Gasteiger partial charge in [0.25, 0.3) is 0 Å². The first-order valence-electron chi connectivity index (χ1n) is 3.78. The summed E-state index contributed by atoms with van der Waals surface area (Å²) in [6.45, 7) is 3.89. The first-order chi connectivity index (χ1) is 5.65. The number of alkyl halides is 1. The van der Waals surface area contributed by atoms with Crippen molar-refractivity contribution in [3.8, 4) is 0 Å². The van der Waals surface area contributed by atoms with Gasteiger partial charge in [0.05, 0.1) is 11.7 Å². The van der Waals surface area contributed by atoms with Crippen LogP contribution in [0.4, 0.5) is 0 Å². The third-order valence-electron chi connectivity index (χ3n) is 1.88. The van der Waals surface area contributed by atoms with Gasteiger partial charge in [-0.2, -0.15) is 0 Å². The SMILES string of the molecule is CC([C@H](C)Cl)n1cnc(C=O)c1. The molecule has 1 aromatic rings. The van der Waals surface area contributed by atoms with Crippen molar-refractivity contribution in [2.24, 2.45) is 0 Å². The highest BCUT2D eigenvalue weighted by atomic mass is 35.5. The summed E-state index contributed by atoms with van der Waals surface area (Å²) in [6, 6.07) is 0.160. The number of aromatic nitrogens is 2. The van der Waals surface area contributed by atoms with Gasteiger partial charge in [-0.15, -0.1) is 11.6 Å². The Morgan fingerprint density at radius 3 is 2.75 bits per heavy atom. The van der Waals surface area contributed by atoms with Crippen LogP contribution in [0, 0.1) is 0 Å². The first-order valence-corrected chi connectivity index (χ1v) is 4.21. The number of halogens is 1. The molecule has 1 unspecified atom stereocenters. The van der Waals surface area contributed by atoms with Crippen molar-refractivity contribution in [3.63, 3.8) is 0 Å². The molecule has 0 spiro atoms. The van der Waals surface area contributed by atoms with E-state index < -0.39 is 0 Å². The van der Waals surface area contributed by atoms with E-state index in [9.17, 15) is 4.79 Å². The van der Waals surface area contributed by atoms with Crippen molar-refractivity contribution in [2.45, 2.75) is 25.3 Å². The number of hydrogen-bond donors (Lipinski definition) is 0. The average Bonchev–Trinajstić information content (AvgIpc) is 2.50. The maximum absolute atomic E-state index is 10.3. The summed E-state index contributed by atoms with van der Waals surface area (Å²) in [6.07, 6.45) is 4.03. The van der Waals surface area contributed by atoms with E-state index in [-0.39, 0.29) is 11.4 Å². The zero-order chi connectivity index (χ0) is 9.14. The lowest BCUT2D eigenvalue weighted by Gasteiger charge is -2.14. The molecule has 3 nitrogen and oxygen atoms in total. The standard InChI is InChI=1S/C8H11ClN2O/c1-6(9)7(2)11-3-8(4-12)10-5-11/h3-7H,1-2H3/t6-,7?/m0/s1. The lowest BCUT2D eigenvalue weighted by atomic mass is 10.2. The summed E-state index contributed by atoms with van der Waals surface area (Å²) in [7, 11) is 0. The molecule has 1 aromatic heterocycles. The van der Waals surface area contributed by atoms with Crippen LogP contribution in [-0.4, -0.2) is 21.2 Å². The summed E-state index contributed by atoms with van der Waals surface area (Å²) in [5.74, 6) is 0. The van der Waals surface area contributed by atoms with Crippen LogP contribution in [0.1, 0.15) is 30.4 Å². The van der Waals surface area contributed by atoms with Gasteiger partial charge < -0.3 is 4.57 Å². The quantitative estimate of drug-likeness (QED) is 0.534. The number of carbonyl (C=O) groups excluding carboxylic acids is 1. The molecular formula is C8H11ClN2O. The Morgan fingerprint density at radius 1 is 1.67 bits per heavy atom. The highest BCUT2D eigenvalue weighted by Gasteiger charge is 2.10. The molecule has 0 saturated heterocycles. The minimum absolute atomic E-state index is 0.0266. The molecule has 66 valence electrons. The molecule has 0 aliphatic carbocycles. The van der Waals surface area contributed by atoms with Gasteiger partial charge in [-0.05, 0) is 13.8 Å². The Balaban J connectivity index is 2.81. The van der Waals surface area contributed by atoms with Crippen molar-refractivity contribution in [2.75, 3.05) is 0 Å². The second-order valence-electron chi connectivity index (χ2n) is 2.78. The molecule has 0 aliphatic rings. The van der Waals surface area contributed by atoms with E-state index in [1.807, 2.05) is 18.4 Å². The fraction of sp³-hybridized carbons (Fsp3) is 0.500. The second-order valence-corrected chi connectivity index (χ2v) is 3.47. The van der Waals surface area contributed by atoms with Gasteiger partial charge >= 0.3 is 0 Å². The third kappa shape index (κ3) is 1.85. The molecule has 0 fully saturated rings. The van der Waals surface area contributed by atoms with Gasteiger partial charge in [0.1, 0.15) is 5.69 Å². The molecule has 0 aromatic carbocycles. The summed E-state index contributed by atoms with van der Waals surface area (Å²) in [5.41, 5.74) is 0.444. The highest BCUT2D eigenvalue weighted by Crippen LogP contribution is 2.15. The van der Waals surface area contributed by atoms with Crippen molar-refractivity contribution < 1.29 is 4.79 Å². The fourth-order valence-corrected chi connectivity index (χ4v) is 1.00. The summed E-state index contributed by atoms with van der Waals surface area (Å²) >= 11 is 5.88. The van der Waals surface area contributed by atoms with Crippen LogP contribution in [0.2, 0.25) is 0 Å². The second kappa shape index (κ2) is 3.72. The minimum atomic E-state index is 0.0266. The number of aldehydes is 1. The number of nitrogens with zero attached hydrogens (tertiary/aromatic N) is 2. The fourth-order valence-electron chi connectivity index (χ4n) is 0.874. The number of carbonyl (C=O) groups is 1. The van der Waals surface area contributed by atoms with Crippen molar-refractivity contribution in [1.29, 1.82) is 0 Å². The van der Waals surface area contributed by atoms with Gasteiger partial charge in [-0.3, -0.25) is 4.79 Å². The monoisotopic (exact) mass is 186 g/mol. The molecule has 1 heterocycles. The van der Waals surface area contributed by atoms with Crippen molar-refractivity contribution in [1.82, 2.24) is 9.55 Å². The summed E-state index contributed by atoms with van der Waals surface area (Å²) in [4.78, 5) is 14.2. The largest absolute Gasteiger partial charge is 0.332 e. The molecule has 12 heavy (non-hydrogen) atoms. The Labute approximate surface area is 76.4 Å². The summed E-state index contributed by atoms with van der Waals surface area (Å²) < 4.78 is 1.83. The maximum Gasteiger partial charge on any atom is 0.169 e. The van der Waals surface area contributed by atoms with E-state index in [2.05, 4.69) is 4.98 Å². The Morgan fingerprint density at radius 2 is 2.33 bits per heavy atom. The smallest absolute Gasteiger partial charge is 0.169 e. The minimum Gasteiger partial charge on any atom is -0.332 e. The number of hydrogen-bond acceptors (Lipinski definition) is 2. The first kappa shape index (κ1) is 9.26. The van der Waals surface area contributed by atoms with Gasteiger partial charge in [-0.1, -0.05) is 0 Å². The van der Waals surface area contributed by atoms with E-state index in [1.54, 1.807) is 12.5 Å². The predicted octanol–water partition coefficient (Wildman–Crippen LogP) is 1.88. The average molecular weight is 187 g/mol. The molecule has 0 N–H and O–H groups in total. The van der Waals surface area contributed by atoms with Gasteiger partial charge in [-0.25, -0.2) is 4.98 Å². The molecule has 0 amide bonds. The van der Waals surface area contributed by atoms with Crippen molar-refractivity contribution in [3.05, 3.63) is 18.2 Å². The number of imidazole rings is 1. The van der Waals surface area contributed by atoms with E-state index in [0.29, 0.717) is 5.69 Å². The summed E-state index contributed by atoms with van der Waals surface area (Å²) in [5, 5.41) is 0.0266. The molecule has 4 heteroatoms. The maximum atomic E-state index is 10.3. The normalized spacial score (nSPS) is 15.6. The van der Waals surface area contributed by atoms with Crippen LogP contribution in [0.3, 0.4) is 0 Å². The topological polar surface area (TPSA) is 34.9 Å². The van der Waals surface area contributed by atoms with Crippen molar-refractivity contribution >= 4 is 17.9 Å². The zero-order valence-corrected chi connectivity index (χ0v) is 7.82. The zero-order valence-electron chi connectivity index (χ0n) is 7.07. The Kier molecular flexibility index (Phi) is 2.87. The third-order valence-corrected chi connectivity index (χ3v) is 2.24. The van der Waals surface area contributed by atoms with E-state index >= 15 is 0 Å². The molecule has 0 aliphatic heterocycles. The predicted molar refractivity (Wildman–Crippen MR) is 47.6 cm³/mol. The molecule has 2 atom stereocenters. The van der Waals surface area contributed by atoms with Crippen LogP contribution >= 0.6 is 11.6 Å². The van der Waals surface area contributed by atoms with Crippen LogP contribution in [0.5, 0.6) is 0 Å². The van der Waals surface area contributed by atoms with Crippen LogP contribution in [0.25, 0.3) is 0 Å². The van der Waals surface area contributed by atoms with Gasteiger partial charge in [0.15, 0.2) is 6.29 Å². The molecule has 0 bridgehead atoms. The lowest BCUT2D eigenvalue weighted by molar-refractivity contribution is 0.111. The number of rotatable bonds is 3. The van der Waals surface area contributed by atoms with E-state index in [1.165, 1.54) is 0 Å². The van der Waals surface area contributed by atoms with E-state index in [0.717, 1.165) is 6.29 Å². The molecule has 0 radical (unpaired) electrons. The molecule has 0 saturated carbocycles. The molecule has 1 rings (SSSR count). The van der Waals surface area contributed by atoms with E-state index in [4.69, 9.17) is 11.6 Å². The highest BCUT2D eigenvalue weighted by molar-refractivity contribution is 6.20. The van der Waals surface area contributed by atoms with Gasteiger partial charge in [0.2, 0.25) is 0 Å². The van der Waals surface area contributed by atoms with Crippen LogP contribution in [0.15, 0.2) is 12.5 Å². The Hall–Kier alpha value is -0.830. The van der Waals surface area contributed by atoms with Crippen LogP contribution < -0.4 is 0 Å². The lowest BCUT2D eigenvalue weighted by Crippen LogP contribution is -2.11. The Bertz CT molecular complexity index is 270. The van der Waals surface area contributed by atoms with Gasteiger partial charge in [0, 0.05) is 12.2 Å². The molecular weight excluding hydrogens is 176 g/mol. The van der Waals surface area contributed by atoms with Crippen LogP contribution in [-0.2, 0) is 0 Å².